The van der Waals surface area contributed by atoms with E-state index in [-0.39, 0.29) is 34.7 Å². The average molecular weight is 445 g/mol. The number of carboxylic acids is 1. The van der Waals surface area contributed by atoms with Crippen LogP contribution >= 0.6 is 22.9 Å². The number of nitriles is 1. The first-order valence-electron chi connectivity index (χ1n) is 8.96. The predicted molar refractivity (Wildman–Crippen MR) is 109 cm³/mol. The molecular formula is C22H16ClFNO4S-. The number of benzene rings is 2. The van der Waals surface area contributed by atoms with Crippen molar-refractivity contribution in [3.8, 4) is 17.6 Å². The Morgan fingerprint density at radius 2 is 2.13 bits per heavy atom. The lowest BCUT2D eigenvalue weighted by Gasteiger charge is -2.22. The van der Waals surface area contributed by atoms with E-state index in [1.807, 2.05) is 22.9 Å². The summed E-state index contributed by atoms with van der Waals surface area (Å²) in [5.41, 5.74) is 1.22. The highest BCUT2D eigenvalue weighted by Crippen LogP contribution is 2.35. The summed E-state index contributed by atoms with van der Waals surface area (Å²) in [6, 6.07) is 12.8. The highest BCUT2D eigenvalue weighted by Gasteiger charge is 2.22. The number of rotatable bonds is 9. The average Bonchev–Trinajstić information content (AvgIpc) is 3.24. The maximum atomic E-state index is 14.5. The SMILES string of the molecule is N#Cc1ccc(OCc2ccsc2)cc1OC(CCC(=O)[O-])c1c(F)cccc1Cl. The van der Waals surface area contributed by atoms with Gasteiger partial charge in [-0.3, -0.25) is 0 Å². The fourth-order valence-electron chi connectivity index (χ4n) is 2.81. The van der Waals surface area contributed by atoms with Gasteiger partial charge in [-0.25, -0.2) is 4.39 Å². The molecule has 0 saturated carbocycles. The van der Waals surface area contributed by atoms with E-state index in [9.17, 15) is 19.6 Å². The molecule has 1 atom stereocenters. The molecule has 0 amide bonds. The number of carbonyl (C=O) groups is 1. The number of hydrogen-bond donors (Lipinski definition) is 0. The Bertz CT molecular complexity index is 1050. The minimum absolute atomic E-state index is 0.0221. The first kappa shape index (κ1) is 21.6. The van der Waals surface area contributed by atoms with Gasteiger partial charge in [0.2, 0.25) is 0 Å². The van der Waals surface area contributed by atoms with E-state index >= 15 is 0 Å². The molecule has 5 nitrogen and oxygen atoms in total. The standard InChI is InChI=1S/C22H17ClFNO4S/c23-17-2-1-3-18(24)22(17)19(6-7-21(26)27)29-20-10-16(5-4-15(20)11-25)28-12-14-8-9-30-13-14/h1-5,8-10,13,19H,6-7,12H2,(H,26,27)/p-1. The van der Waals surface area contributed by atoms with Gasteiger partial charge in [0.15, 0.2) is 0 Å². The van der Waals surface area contributed by atoms with E-state index < -0.39 is 17.9 Å². The highest BCUT2D eigenvalue weighted by atomic mass is 35.5. The second kappa shape index (κ2) is 10.1. The van der Waals surface area contributed by atoms with Gasteiger partial charge in [-0.15, -0.1) is 0 Å². The third kappa shape index (κ3) is 5.50. The summed E-state index contributed by atoms with van der Waals surface area (Å²) in [5, 5.41) is 24.4. The summed E-state index contributed by atoms with van der Waals surface area (Å²) in [4.78, 5) is 11.0. The Morgan fingerprint density at radius 1 is 1.30 bits per heavy atom. The first-order chi connectivity index (χ1) is 14.5. The van der Waals surface area contributed by atoms with Crippen LogP contribution in [0.5, 0.6) is 11.5 Å². The third-order valence-corrected chi connectivity index (χ3v) is 5.32. The number of ether oxygens (including phenoxy) is 2. The monoisotopic (exact) mass is 444 g/mol. The van der Waals surface area contributed by atoms with Crippen LogP contribution < -0.4 is 14.6 Å². The highest BCUT2D eigenvalue weighted by molar-refractivity contribution is 7.07. The quantitative estimate of drug-likeness (QED) is 0.480. The lowest BCUT2D eigenvalue weighted by atomic mass is 10.0. The van der Waals surface area contributed by atoms with Crippen LogP contribution in [0.25, 0.3) is 0 Å². The van der Waals surface area contributed by atoms with Gasteiger partial charge in [-0.05, 0) is 59.5 Å². The Kier molecular flexibility index (Phi) is 7.28. The largest absolute Gasteiger partial charge is 0.550 e. The molecule has 0 spiro atoms. The van der Waals surface area contributed by atoms with Crippen LogP contribution in [-0.2, 0) is 11.4 Å². The van der Waals surface area contributed by atoms with Gasteiger partial charge in [0.05, 0.1) is 10.6 Å². The molecule has 0 bridgehead atoms. The van der Waals surface area contributed by atoms with Gasteiger partial charge in [-0.1, -0.05) is 17.7 Å². The van der Waals surface area contributed by atoms with Crippen molar-refractivity contribution in [2.75, 3.05) is 0 Å². The number of nitrogens with zero attached hydrogens (tertiary/aromatic N) is 1. The van der Waals surface area contributed by atoms with Crippen LogP contribution in [0.1, 0.15) is 35.6 Å². The molecule has 1 unspecified atom stereocenters. The van der Waals surface area contributed by atoms with Crippen LogP contribution in [0.4, 0.5) is 4.39 Å². The van der Waals surface area contributed by atoms with Crippen molar-refractivity contribution in [1.29, 1.82) is 5.26 Å². The molecule has 1 heterocycles. The molecule has 0 N–H and O–H groups in total. The van der Waals surface area contributed by atoms with Crippen molar-refractivity contribution in [1.82, 2.24) is 0 Å². The summed E-state index contributed by atoms with van der Waals surface area (Å²) in [7, 11) is 0. The molecule has 3 rings (SSSR count). The van der Waals surface area contributed by atoms with Crippen LogP contribution in [0.3, 0.4) is 0 Å². The van der Waals surface area contributed by atoms with Crippen molar-refractivity contribution < 1.29 is 23.8 Å². The molecule has 0 aliphatic rings. The number of carbonyl (C=O) groups excluding carboxylic acids is 1. The topological polar surface area (TPSA) is 82.4 Å². The summed E-state index contributed by atoms with van der Waals surface area (Å²) >= 11 is 7.70. The van der Waals surface area contributed by atoms with E-state index in [0.717, 1.165) is 5.56 Å². The van der Waals surface area contributed by atoms with Crippen LogP contribution in [0.15, 0.2) is 53.2 Å². The molecule has 0 aliphatic carbocycles. The van der Waals surface area contributed by atoms with E-state index in [0.29, 0.717) is 12.4 Å². The van der Waals surface area contributed by atoms with Crippen LogP contribution in [0, 0.1) is 17.1 Å². The lowest BCUT2D eigenvalue weighted by molar-refractivity contribution is -0.306. The number of aliphatic carboxylic acids is 1. The molecule has 0 saturated heterocycles. The Labute approximate surface area is 181 Å². The second-order valence-corrected chi connectivity index (χ2v) is 7.53. The minimum atomic E-state index is -1.30. The number of halogens is 2. The summed E-state index contributed by atoms with van der Waals surface area (Å²) in [6.07, 6.45) is -1.49. The number of thiophene rings is 1. The Hall–Kier alpha value is -3.08. The van der Waals surface area contributed by atoms with Crippen molar-refractivity contribution in [2.45, 2.75) is 25.6 Å². The molecule has 0 radical (unpaired) electrons. The normalized spacial score (nSPS) is 11.5. The minimum Gasteiger partial charge on any atom is -0.550 e. The summed E-state index contributed by atoms with van der Waals surface area (Å²) in [6.45, 7) is 0.335. The second-order valence-electron chi connectivity index (χ2n) is 6.34. The van der Waals surface area contributed by atoms with Gasteiger partial charge >= 0.3 is 0 Å². The van der Waals surface area contributed by atoms with Gasteiger partial charge in [0.1, 0.15) is 36.1 Å². The van der Waals surface area contributed by atoms with Gasteiger partial charge in [-0.2, -0.15) is 16.6 Å². The first-order valence-corrected chi connectivity index (χ1v) is 10.3. The molecule has 154 valence electrons. The van der Waals surface area contributed by atoms with Crippen LogP contribution in [-0.4, -0.2) is 5.97 Å². The van der Waals surface area contributed by atoms with E-state index in [4.69, 9.17) is 21.1 Å². The van der Waals surface area contributed by atoms with E-state index in [2.05, 4.69) is 0 Å². The van der Waals surface area contributed by atoms with Crippen molar-refractivity contribution >= 4 is 28.9 Å². The van der Waals surface area contributed by atoms with Crippen molar-refractivity contribution in [3.63, 3.8) is 0 Å². The molecule has 30 heavy (non-hydrogen) atoms. The maximum Gasteiger partial charge on any atom is 0.141 e. The Balaban J connectivity index is 1.89. The van der Waals surface area contributed by atoms with Crippen LogP contribution in [0.2, 0.25) is 5.02 Å². The maximum absolute atomic E-state index is 14.5. The zero-order valence-corrected chi connectivity index (χ0v) is 17.2. The van der Waals surface area contributed by atoms with Crippen molar-refractivity contribution in [2.24, 2.45) is 0 Å². The fourth-order valence-corrected chi connectivity index (χ4v) is 3.74. The predicted octanol–water partition coefficient (Wildman–Crippen LogP) is 4.64. The third-order valence-electron chi connectivity index (χ3n) is 4.26. The molecule has 8 heteroatoms. The summed E-state index contributed by atoms with van der Waals surface area (Å²) < 4.78 is 26.1. The van der Waals surface area contributed by atoms with Gasteiger partial charge in [0, 0.05) is 17.6 Å². The lowest BCUT2D eigenvalue weighted by Crippen LogP contribution is -2.23. The molecule has 3 aromatic rings. The van der Waals surface area contributed by atoms with Gasteiger partial charge in [0.25, 0.3) is 0 Å². The Morgan fingerprint density at radius 3 is 2.80 bits per heavy atom. The zero-order chi connectivity index (χ0) is 21.5. The molecule has 2 aromatic carbocycles. The molecular weight excluding hydrogens is 429 g/mol. The number of hydrogen-bond acceptors (Lipinski definition) is 6. The number of carboxylic acid groups (broad SMARTS) is 1. The van der Waals surface area contributed by atoms with E-state index in [1.165, 1.54) is 30.3 Å². The van der Waals surface area contributed by atoms with E-state index in [1.54, 1.807) is 17.4 Å². The summed E-state index contributed by atoms with van der Waals surface area (Å²) in [5.74, 6) is -1.34. The molecule has 0 aliphatic heterocycles. The smallest absolute Gasteiger partial charge is 0.141 e. The molecule has 0 fully saturated rings. The zero-order valence-electron chi connectivity index (χ0n) is 15.6. The van der Waals surface area contributed by atoms with Gasteiger partial charge < -0.3 is 19.4 Å². The molecule has 1 aromatic heterocycles. The van der Waals surface area contributed by atoms with Crippen molar-refractivity contribution in [3.05, 3.63) is 80.8 Å². The fraction of sp³-hybridized carbons (Fsp3) is 0.182.